The van der Waals surface area contributed by atoms with Crippen molar-refractivity contribution in [3.8, 4) is 0 Å². The normalized spacial score (nSPS) is 17.9. The van der Waals surface area contributed by atoms with Crippen LogP contribution >= 0.6 is 0 Å². The van der Waals surface area contributed by atoms with Crippen molar-refractivity contribution in [2.45, 2.75) is 13.3 Å². The van der Waals surface area contributed by atoms with E-state index in [1.807, 2.05) is 12.1 Å². The van der Waals surface area contributed by atoms with E-state index in [1.54, 1.807) is 0 Å². The third-order valence-corrected chi connectivity index (χ3v) is 4.55. The lowest BCUT2D eigenvalue weighted by molar-refractivity contribution is 0.669. The van der Waals surface area contributed by atoms with E-state index in [-0.39, 0.29) is 0 Å². The summed E-state index contributed by atoms with van der Waals surface area (Å²) in [5.74, 6) is 0.605. The summed E-state index contributed by atoms with van der Waals surface area (Å²) in [6, 6.07) is 12.7. The Hall–Kier alpha value is -2.48. The average molecular weight is 273 g/mol. The molecule has 2 heteroatoms. The SMILES string of the molecule is CC1C=Cc2[nH]c3cc4oc5ccccc5c4cc3c2C1. The molecule has 0 saturated heterocycles. The molecule has 102 valence electrons. The Kier molecular flexibility index (Phi) is 2.02. The molecule has 0 fully saturated rings. The first kappa shape index (κ1) is 11.2. The van der Waals surface area contributed by atoms with Crippen molar-refractivity contribution in [1.29, 1.82) is 0 Å². The zero-order valence-corrected chi connectivity index (χ0v) is 11.8. The van der Waals surface area contributed by atoms with Crippen LogP contribution < -0.4 is 0 Å². The summed E-state index contributed by atoms with van der Waals surface area (Å²) < 4.78 is 5.98. The maximum atomic E-state index is 5.98. The van der Waals surface area contributed by atoms with Crippen molar-refractivity contribution in [2.75, 3.05) is 0 Å². The van der Waals surface area contributed by atoms with Gasteiger partial charge in [0.15, 0.2) is 0 Å². The Morgan fingerprint density at radius 2 is 1.95 bits per heavy atom. The summed E-state index contributed by atoms with van der Waals surface area (Å²) in [6.45, 7) is 2.27. The van der Waals surface area contributed by atoms with E-state index < -0.39 is 0 Å². The maximum Gasteiger partial charge on any atom is 0.137 e. The number of rotatable bonds is 0. The second kappa shape index (κ2) is 3.79. The minimum Gasteiger partial charge on any atom is -0.456 e. The van der Waals surface area contributed by atoms with Crippen LogP contribution in [0.5, 0.6) is 0 Å². The van der Waals surface area contributed by atoms with E-state index in [0.717, 1.165) is 17.6 Å². The van der Waals surface area contributed by atoms with Gasteiger partial charge >= 0.3 is 0 Å². The highest BCUT2D eigenvalue weighted by molar-refractivity contribution is 6.10. The van der Waals surface area contributed by atoms with Gasteiger partial charge in [-0.15, -0.1) is 0 Å². The van der Waals surface area contributed by atoms with Crippen LogP contribution in [0.1, 0.15) is 18.2 Å². The van der Waals surface area contributed by atoms with Crippen LogP contribution in [0.25, 0.3) is 38.9 Å². The summed E-state index contributed by atoms with van der Waals surface area (Å²) in [4.78, 5) is 3.53. The first-order valence-electron chi connectivity index (χ1n) is 7.43. The molecule has 0 radical (unpaired) electrons. The van der Waals surface area contributed by atoms with Gasteiger partial charge < -0.3 is 9.40 Å². The summed E-state index contributed by atoms with van der Waals surface area (Å²) in [6.07, 6.45) is 5.59. The third kappa shape index (κ3) is 1.47. The van der Waals surface area contributed by atoms with Gasteiger partial charge in [0, 0.05) is 33.4 Å². The summed E-state index contributed by atoms with van der Waals surface area (Å²) in [5, 5.41) is 3.74. The fraction of sp³-hybridized carbons (Fsp3) is 0.158. The molecular formula is C19H15NO. The van der Waals surface area contributed by atoms with Gasteiger partial charge in [-0.05, 0) is 36.1 Å². The topological polar surface area (TPSA) is 28.9 Å². The minimum absolute atomic E-state index is 0.605. The van der Waals surface area contributed by atoms with Crippen molar-refractivity contribution in [1.82, 2.24) is 4.98 Å². The van der Waals surface area contributed by atoms with Crippen LogP contribution in [0.15, 0.2) is 46.9 Å². The predicted molar refractivity (Wildman–Crippen MR) is 87.5 cm³/mol. The zero-order valence-electron chi connectivity index (χ0n) is 11.8. The number of hydrogen-bond donors (Lipinski definition) is 1. The Balaban J connectivity index is 1.92. The number of fused-ring (bicyclic) bond motifs is 6. The Labute approximate surface area is 122 Å². The number of nitrogens with one attached hydrogen (secondary N) is 1. The van der Waals surface area contributed by atoms with Crippen molar-refractivity contribution in [3.63, 3.8) is 0 Å². The summed E-state index contributed by atoms with van der Waals surface area (Å²) in [7, 11) is 0. The highest BCUT2D eigenvalue weighted by atomic mass is 16.3. The molecule has 0 bridgehead atoms. The van der Waals surface area contributed by atoms with Crippen molar-refractivity contribution < 1.29 is 4.42 Å². The number of furan rings is 1. The van der Waals surface area contributed by atoms with Gasteiger partial charge in [0.05, 0.1) is 0 Å². The van der Waals surface area contributed by atoms with Crippen LogP contribution in [0.2, 0.25) is 0 Å². The maximum absolute atomic E-state index is 5.98. The van der Waals surface area contributed by atoms with Gasteiger partial charge in [-0.2, -0.15) is 0 Å². The zero-order chi connectivity index (χ0) is 14.0. The van der Waals surface area contributed by atoms with Crippen molar-refractivity contribution >= 4 is 38.9 Å². The molecule has 1 N–H and O–H groups in total. The molecule has 2 aromatic heterocycles. The van der Waals surface area contributed by atoms with Crippen LogP contribution in [0.3, 0.4) is 0 Å². The Morgan fingerprint density at radius 1 is 1.05 bits per heavy atom. The lowest BCUT2D eigenvalue weighted by Gasteiger charge is -2.11. The summed E-state index contributed by atoms with van der Waals surface area (Å²) >= 11 is 0. The van der Waals surface area contributed by atoms with Crippen LogP contribution in [-0.4, -0.2) is 4.98 Å². The van der Waals surface area contributed by atoms with Crippen molar-refractivity contribution in [2.24, 2.45) is 5.92 Å². The van der Waals surface area contributed by atoms with Gasteiger partial charge in [0.1, 0.15) is 11.2 Å². The first-order valence-corrected chi connectivity index (χ1v) is 7.43. The van der Waals surface area contributed by atoms with Gasteiger partial charge in [-0.1, -0.05) is 31.2 Å². The molecule has 0 amide bonds. The van der Waals surface area contributed by atoms with Crippen LogP contribution in [0, 0.1) is 5.92 Å². The molecule has 0 spiro atoms. The Bertz CT molecular complexity index is 1030. The monoisotopic (exact) mass is 273 g/mol. The lowest BCUT2D eigenvalue weighted by Crippen LogP contribution is -2.01. The third-order valence-electron chi connectivity index (χ3n) is 4.55. The molecule has 5 rings (SSSR count). The van der Waals surface area contributed by atoms with E-state index in [0.29, 0.717) is 5.92 Å². The Morgan fingerprint density at radius 3 is 2.90 bits per heavy atom. The molecule has 2 nitrogen and oxygen atoms in total. The molecule has 1 aliphatic rings. The van der Waals surface area contributed by atoms with Crippen LogP contribution in [0.4, 0.5) is 0 Å². The smallest absolute Gasteiger partial charge is 0.137 e. The highest BCUT2D eigenvalue weighted by Gasteiger charge is 2.17. The van der Waals surface area contributed by atoms with Gasteiger partial charge in [-0.3, -0.25) is 0 Å². The number of H-pyrrole nitrogens is 1. The fourth-order valence-corrected chi connectivity index (χ4v) is 3.50. The highest BCUT2D eigenvalue weighted by Crippen LogP contribution is 2.36. The van der Waals surface area contributed by atoms with E-state index >= 15 is 0 Å². The van der Waals surface area contributed by atoms with Gasteiger partial charge in [0.25, 0.3) is 0 Å². The number of benzene rings is 2. The largest absolute Gasteiger partial charge is 0.456 e. The molecule has 1 atom stereocenters. The molecule has 2 aromatic carbocycles. The fourth-order valence-electron chi connectivity index (χ4n) is 3.50. The van der Waals surface area contributed by atoms with E-state index in [4.69, 9.17) is 4.42 Å². The number of aromatic amines is 1. The number of para-hydroxylation sites is 1. The molecule has 1 aliphatic carbocycles. The number of aromatic nitrogens is 1. The van der Waals surface area contributed by atoms with E-state index in [1.165, 1.54) is 32.9 Å². The van der Waals surface area contributed by atoms with E-state index in [2.05, 4.69) is 48.3 Å². The summed E-state index contributed by atoms with van der Waals surface area (Å²) in [5.41, 5.74) is 5.78. The molecule has 1 unspecified atom stereocenters. The minimum atomic E-state index is 0.605. The molecule has 0 aliphatic heterocycles. The second-order valence-corrected chi connectivity index (χ2v) is 6.05. The van der Waals surface area contributed by atoms with E-state index in [9.17, 15) is 0 Å². The predicted octanol–water partition coefficient (Wildman–Crippen LogP) is 5.27. The van der Waals surface area contributed by atoms with Crippen molar-refractivity contribution in [3.05, 3.63) is 53.7 Å². The first-order chi connectivity index (χ1) is 10.3. The van der Waals surface area contributed by atoms with Gasteiger partial charge in [0.2, 0.25) is 0 Å². The number of allylic oxidation sites excluding steroid dienone is 1. The quantitative estimate of drug-likeness (QED) is 0.464. The molecule has 4 aromatic rings. The van der Waals surface area contributed by atoms with Gasteiger partial charge in [-0.25, -0.2) is 0 Å². The molecule has 0 saturated carbocycles. The molecule has 21 heavy (non-hydrogen) atoms. The second-order valence-electron chi connectivity index (χ2n) is 6.05. The molecule has 2 heterocycles. The molecular weight excluding hydrogens is 258 g/mol. The standard InChI is InChI=1S/C19H15NO/c1-11-6-7-16-13(8-11)14-9-15-12-4-2-3-5-18(12)21-19(15)10-17(14)20-16/h2-7,9-11,20H,8H2,1H3. The van der Waals surface area contributed by atoms with Crippen LogP contribution in [-0.2, 0) is 6.42 Å². The average Bonchev–Trinajstić information content (AvgIpc) is 3.02. The lowest BCUT2D eigenvalue weighted by atomic mass is 9.93. The number of hydrogen-bond acceptors (Lipinski definition) is 1.